The van der Waals surface area contributed by atoms with Crippen molar-refractivity contribution >= 4 is 10.8 Å². The highest BCUT2D eigenvalue weighted by Gasteiger charge is 2.45. The Hall–Kier alpha value is 0.110. The first-order valence-corrected chi connectivity index (χ1v) is 6.15. The first-order valence-electron chi connectivity index (χ1n) is 4.67. The largest absolute Gasteiger partial charge is 0.304 e. The van der Waals surface area contributed by atoms with Crippen molar-refractivity contribution in [3.05, 3.63) is 0 Å². The average molecular weight is 187 g/mol. The second kappa shape index (κ2) is 2.81. The van der Waals surface area contributed by atoms with Gasteiger partial charge in [0.15, 0.2) is 0 Å². The fourth-order valence-corrected chi connectivity index (χ4v) is 4.23. The molecule has 2 nitrogen and oxygen atoms in total. The van der Waals surface area contributed by atoms with Crippen LogP contribution in [0.4, 0.5) is 0 Å². The smallest absolute Gasteiger partial charge is 0.0301 e. The van der Waals surface area contributed by atoms with Crippen molar-refractivity contribution in [3.63, 3.8) is 0 Å². The van der Waals surface area contributed by atoms with Crippen LogP contribution in [-0.2, 0) is 10.8 Å². The van der Waals surface area contributed by atoms with Crippen LogP contribution in [0, 0.1) is 5.41 Å². The fourth-order valence-electron chi connectivity index (χ4n) is 2.42. The zero-order valence-corrected chi connectivity index (χ0v) is 8.69. The summed E-state index contributed by atoms with van der Waals surface area (Å²) >= 11 is 0. The molecule has 12 heavy (non-hydrogen) atoms. The predicted molar refractivity (Wildman–Crippen MR) is 51.6 cm³/mol. The van der Waals surface area contributed by atoms with Gasteiger partial charge in [0.1, 0.15) is 0 Å². The lowest BCUT2D eigenvalue weighted by molar-refractivity contribution is 0.0995. The van der Waals surface area contributed by atoms with Gasteiger partial charge in [0.25, 0.3) is 0 Å². The van der Waals surface area contributed by atoms with Gasteiger partial charge in [-0.15, -0.1) is 0 Å². The van der Waals surface area contributed by atoms with Crippen molar-refractivity contribution in [2.45, 2.75) is 25.8 Å². The van der Waals surface area contributed by atoms with Gasteiger partial charge in [0.2, 0.25) is 0 Å². The van der Waals surface area contributed by atoms with Gasteiger partial charge >= 0.3 is 0 Å². The molecule has 0 aliphatic carbocycles. The second-order valence-electron chi connectivity index (χ2n) is 4.51. The summed E-state index contributed by atoms with van der Waals surface area (Å²) < 4.78 is 11.1. The van der Waals surface area contributed by atoms with Gasteiger partial charge in [-0.3, -0.25) is 4.21 Å². The molecule has 2 heterocycles. The fraction of sp³-hybridized carbons (Fsp3) is 1.00. The van der Waals surface area contributed by atoms with E-state index < -0.39 is 10.8 Å². The van der Waals surface area contributed by atoms with Crippen molar-refractivity contribution in [1.29, 1.82) is 0 Å². The number of hydrogen-bond donors (Lipinski definition) is 0. The molecule has 0 amide bonds. The van der Waals surface area contributed by atoms with Gasteiger partial charge in [-0.1, -0.05) is 0 Å². The molecular weight excluding hydrogens is 170 g/mol. The van der Waals surface area contributed by atoms with E-state index in [1.807, 2.05) is 0 Å². The Morgan fingerprint density at radius 2 is 2.17 bits per heavy atom. The monoisotopic (exact) mass is 187 g/mol. The van der Waals surface area contributed by atoms with Gasteiger partial charge in [-0.05, 0) is 38.8 Å². The molecule has 0 aromatic carbocycles. The molecule has 3 heteroatoms. The van der Waals surface area contributed by atoms with Crippen LogP contribution >= 0.6 is 0 Å². The first kappa shape index (κ1) is 8.70. The van der Waals surface area contributed by atoms with Crippen LogP contribution in [0.3, 0.4) is 0 Å². The molecule has 1 spiro atoms. The number of nitrogens with zero attached hydrogens (tertiary/aromatic N) is 1. The lowest BCUT2D eigenvalue weighted by atomic mass is 9.78. The Balaban J connectivity index is 1.99. The molecular formula is C9H17NOS. The van der Waals surface area contributed by atoms with Crippen LogP contribution in [0.25, 0.3) is 0 Å². The third-order valence-electron chi connectivity index (χ3n) is 3.41. The lowest BCUT2D eigenvalue weighted by Gasteiger charge is -2.49. The third-order valence-corrected chi connectivity index (χ3v) is 5.28. The highest BCUT2D eigenvalue weighted by atomic mass is 32.2. The van der Waals surface area contributed by atoms with E-state index in [1.54, 1.807) is 0 Å². The van der Waals surface area contributed by atoms with Gasteiger partial charge in [0.05, 0.1) is 0 Å². The number of rotatable bonds is 0. The quantitative estimate of drug-likeness (QED) is 0.560. The Bertz CT molecular complexity index is 209. The minimum Gasteiger partial charge on any atom is -0.304 e. The van der Waals surface area contributed by atoms with E-state index in [4.69, 9.17) is 0 Å². The molecule has 1 unspecified atom stereocenters. The summed E-state index contributed by atoms with van der Waals surface area (Å²) in [6.07, 6.45) is 2.52. The van der Waals surface area contributed by atoms with Crippen molar-refractivity contribution in [2.75, 3.05) is 25.1 Å². The summed E-state index contributed by atoms with van der Waals surface area (Å²) in [6, 6.07) is 0.691. The summed E-state index contributed by atoms with van der Waals surface area (Å²) in [5.41, 5.74) is 0.483. The molecule has 0 radical (unpaired) electrons. The minimum atomic E-state index is -0.474. The summed E-state index contributed by atoms with van der Waals surface area (Å²) in [4.78, 5) is 2.41. The second-order valence-corrected chi connectivity index (χ2v) is 5.97. The van der Waals surface area contributed by atoms with Crippen molar-refractivity contribution in [3.8, 4) is 0 Å². The molecule has 0 saturated carbocycles. The Kier molecular flexibility index (Phi) is 2.04. The molecule has 2 saturated heterocycles. The SMILES string of the molecule is CC1CC2(CCN1C)CS(=O)C2. The zero-order valence-electron chi connectivity index (χ0n) is 7.88. The zero-order chi connectivity index (χ0) is 8.77. The van der Waals surface area contributed by atoms with Crippen LogP contribution in [0.15, 0.2) is 0 Å². The maximum absolute atomic E-state index is 11.1. The van der Waals surface area contributed by atoms with E-state index in [2.05, 4.69) is 18.9 Å². The maximum Gasteiger partial charge on any atom is 0.0301 e. The van der Waals surface area contributed by atoms with Crippen LogP contribution in [0.2, 0.25) is 0 Å². The Labute approximate surface area is 76.8 Å². The number of hydrogen-bond acceptors (Lipinski definition) is 2. The number of piperidine rings is 1. The van der Waals surface area contributed by atoms with E-state index in [-0.39, 0.29) is 0 Å². The van der Waals surface area contributed by atoms with Crippen molar-refractivity contribution in [2.24, 2.45) is 5.41 Å². The van der Waals surface area contributed by atoms with E-state index in [0.717, 1.165) is 11.5 Å². The van der Waals surface area contributed by atoms with E-state index >= 15 is 0 Å². The molecule has 0 aromatic rings. The van der Waals surface area contributed by atoms with Gasteiger partial charge in [-0.25, -0.2) is 0 Å². The predicted octanol–water partition coefficient (Wildman–Crippen LogP) is 0.849. The molecule has 2 aliphatic heterocycles. The van der Waals surface area contributed by atoms with Crippen molar-refractivity contribution < 1.29 is 4.21 Å². The molecule has 2 aliphatic rings. The van der Waals surface area contributed by atoms with E-state index in [9.17, 15) is 4.21 Å². The van der Waals surface area contributed by atoms with Crippen LogP contribution in [0.1, 0.15) is 19.8 Å². The van der Waals surface area contributed by atoms with E-state index in [1.165, 1.54) is 19.4 Å². The molecule has 2 fully saturated rings. The molecule has 0 aromatic heterocycles. The molecule has 2 rings (SSSR count). The maximum atomic E-state index is 11.1. The first-order chi connectivity index (χ1) is 5.61. The highest BCUT2D eigenvalue weighted by Crippen LogP contribution is 2.42. The molecule has 1 atom stereocenters. The molecule has 70 valence electrons. The lowest BCUT2D eigenvalue weighted by Crippen LogP contribution is -2.54. The molecule has 0 bridgehead atoms. The standard InChI is InChI=1S/C9H17NOS/c1-8-5-9(3-4-10(8)2)6-12(11)7-9/h8H,3-7H2,1-2H3. The third kappa shape index (κ3) is 1.33. The minimum absolute atomic E-state index is 0.474. The van der Waals surface area contributed by atoms with Crippen LogP contribution in [-0.4, -0.2) is 40.2 Å². The summed E-state index contributed by atoms with van der Waals surface area (Å²) in [6.45, 7) is 3.47. The van der Waals surface area contributed by atoms with Gasteiger partial charge < -0.3 is 4.90 Å². The summed E-state index contributed by atoms with van der Waals surface area (Å²) in [5, 5.41) is 0. The molecule has 0 N–H and O–H groups in total. The average Bonchev–Trinajstić information content (AvgIpc) is 1.95. The topological polar surface area (TPSA) is 20.3 Å². The highest BCUT2D eigenvalue weighted by molar-refractivity contribution is 7.86. The summed E-state index contributed by atoms with van der Waals surface area (Å²) in [5.74, 6) is 1.95. The van der Waals surface area contributed by atoms with Crippen LogP contribution in [0.5, 0.6) is 0 Å². The summed E-state index contributed by atoms with van der Waals surface area (Å²) in [7, 11) is 1.71. The number of likely N-dealkylation sites (tertiary alicyclic amines) is 1. The van der Waals surface area contributed by atoms with Gasteiger partial charge in [0, 0.05) is 28.3 Å². The Morgan fingerprint density at radius 1 is 1.50 bits per heavy atom. The van der Waals surface area contributed by atoms with Gasteiger partial charge in [-0.2, -0.15) is 0 Å². The van der Waals surface area contributed by atoms with E-state index in [0.29, 0.717) is 11.5 Å². The van der Waals surface area contributed by atoms with Crippen LogP contribution < -0.4 is 0 Å². The van der Waals surface area contributed by atoms with Crippen molar-refractivity contribution in [1.82, 2.24) is 4.90 Å². The normalized spacial score (nSPS) is 49.2. The Morgan fingerprint density at radius 3 is 2.67 bits per heavy atom.